The van der Waals surface area contributed by atoms with Gasteiger partial charge in [-0.1, -0.05) is 33.6 Å². The van der Waals surface area contributed by atoms with Gasteiger partial charge in [-0.05, 0) is 37.5 Å². The van der Waals surface area contributed by atoms with Crippen molar-refractivity contribution in [3.05, 3.63) is 34.3 Å². The number of amides is 1. The van der Waals surface area contributed by atoms with Crippen LogP contribution in [0.15, 0.2) is 18.2 Å². The van der Waals surface area contributed by atoms with Crippen LogP contribution in [0.2, 0.25) is 5.02 Å². The molecule has 0 radical (unpaired) electrons. The first-order chi connectivity index (χ1) is 9.08. The molecule has 5 heteroatoms. The molecule has 0 aromatic heterocycles. The summed E-state index contributed by atoms with van der Waals surface area (Å²) in [5.74, 6) is -0.0682. The fraction of sp³-hybridized carbons (Fsp3) is 0.500. The topological polar surface area (TPSA) is 38.3 Å². The molecule has 19 heavy (non-hydrogen) atoms. The van der Waals surface area contributed by atoms with Gasteiger partial charge in [0.1, 0.15) is 0 Å². The summed E-state index contributed by atoms with van der Waals surface area (Å²) in [4.78, 5) is 12.4. The van der Waals surface area contributed by atoms with Crippen molar-refractivity contribution in [1.29, 1.82) is 0 Å². The largest absolute Gasteiger partial charge is 0.381 e. The molecule has 1 aromatic carbocycles. The van der Waals surface area contributed by atoms with Gasteiger partial charge in [-0.25, -0.2) is 0 Å². The zero-order valence-electron chi connectivity index (χ0n) is 10.8. The summed E-state index contributed by atoms with van der Waals surface area (Å²) in [5, 5.41) is 4.49. The molecule has 1 aromatic rings. The Kier molecular flexibility index (Phi) is 4.87. The van der Waals surface area contributed by atoms with Gasteiger partial charge in [-0.3, -0.25) is 4.79 Å². The number of ether oxygens (including phenoxy) is 1. The van der Waals surface area contributed by atoms with Gasteiger partial charge in [0, 0.05) is 29.1 Å². The molecule has 1 fully saturated rings. The van der Waals surface area contributed by atoms with Crippen LogP contribution in [0.5, 0.6) is 0 Å². The van der Waals surface area contributed by atoms with Crippen molar-refractivity contribution in [1.82, 2.24) is 5.32 Å². The van der Waals surface area contributed by atoms with Crippen LogP contribution in [-0.2, 0) is 4.74 Å². The fourth-order valence-corrected chi connectivity index (χ4v) is 3.09. The van der Waals surface area contributed by atoms with Crippen LogP contribution in [0.3, 0.4) is 0 Å². The molecule has 0 bridgehead atoms. The maximum Gasteiger partial charge on any atom is 0.252 e. The minimum absolute atomic E-state index is 0.0682. The van der Waals surface area contributed by atoms with E-state index in [0.717, 1.165) is 23.7 Å². The van der Waals surface area contributed by atoms with E-state index in [0.29, 0.717) is 23.8 Å². The number of nitrogens with one attached hydrogen (secondary N) is 1. The van der Waals surface area contributed by atoms with Crippen molar-refractivity contribution >= 4 is 33.4 Å². The highest BCUT2D eigenvalue weighted by molar-refractivity contribution is 9.09. The molecular formula is C14H17BrClNO2. The Hall–Kier alpha value is -0.580. The molecule has 104 valence electrons. The molecule has 1 aliphatic rings. The molecule has 0 unspecified atom stereocenters. The molecule has 1 N–H and O–H groups in total. The summed E-state index contributed by atoms with van der Waals surface area (Å²) >= 11 is 9.57. The lowest BCUT2D eigenvalue weighted by molar-refractivity contribution is 0.0441. The van der Waals surface area contributed by atoms with Crippen LogP contribution in [0.25, 0.3) is 0 Å². The first-order valence-corrected chi connectivity index (χ1v) is 7.79. The highest BCUT2D eigenvalue weighted by atomic mass is 79.9. The molecule has 0 saturated carbocycles. The average molecular weight is 347 g/mol. The first-order valence-electron chi connectivity index (χ1n) is 6.29. The minimum Gasteiger partial charge on any atom is -0.381 e. The summed E-state index contributed by atoms with van der Waals surface area (Å²) < 4.78 is 5.36. The van der Waals surface area contributed by atoms with E-state index < -0.39 is 0 Å². The summed E-state index contributed by atoms with van der Waals surface area (Å²) in [6.07, 6.45) is 1.65. The molecule has 3 nitrogen and oxygen atoms in total. The van der Waals surface area contributed by atoms with Gasteiger partial charge in [0.2, 0.25) is 0 Å². The quantitative estimate of drug-likeness (QED) is 0.853. The number of hydrogen-bond donors (Lipinski definition) is 1. The van der Waals surface area contributed by atoms with Gasteiger partial charge in [0.15, 0.2) is 0 Å². The molecule has 1 saturated heterocycles. The van der Waals surface area contributed by atoms with Crippen molar-refractivity contribution < 1.29 is 9.53 Å². The Morgan fingerprint density at radius 2 is 2.16 bits per heavy atom. The molecule has 1 heterocycles. The highest BCUT2D eigenvalue weighted by Gasteiger charge is 2.33. The van der Waals surface area contributed by atoms with Crippen molar-refractivity contribution in [3.8, 4) is 0 Å². The van der Waals surface area contributed by atoms with E-state index in [-0.39, 0.29) is 11.4 Å². The zero-order valence-corrected chi connectivity index (χ0v) is 13.2. The Balaban J connectivity index is 2.17. The predicted octanol–water partition coefficient (Wildman–Crippen LogP) is 3.32. The van der Waals surface area contributed by atoms with E-state index in [1.54, 1.807) is 18.2 Å². The van der Waals surface area contributed by atoms with Crippen molar-refractivity contribution in [3.63, 3.8) is 0 Å². The average Bonchev–Trinajstić information content (AvgIpc) is 2.42. The number of halogens is 2. The van der Waals surface area contributed by atoms with Gasteiger partial charge < -0.3 is 10.1 Å². The molecule has 0 atom stereocenters. The molecular weight excluding hydrogens is 330 g/mol. The number of carbonyl (C=O) groups excluding carboxylic acids is 1. The Bertz CT molecular complexity index is 473. The van der Waals surface area contributed by atoms with Crippen LogP contribution in [0, 0.1) is 6.92 Å². The maximum absolute atomic E-state index is 12.4. The van der Waals surface area contributed by atoms with Gasteiger partial charge in [-0.15, -0.1) is 0 Å². The number of carbonyl (C=O) groups is 1. The van der Waals surface area contributed by atoms with Crippen LogP contribution < -0.4 is 5.32 Å². The predicted molar refractivity (Wildman–Crippen MR) is 80.2 cm³/mol. The second-order valence-electron chi connectivity index (χ2n) is 4.89. The number of rotatable bonds is 3. The standard InChI is InChI=1S/C14H17BrClNO2/c1-10-11(3-2-4-12(10)16)13(18)17-14(9-15)5-7-19-8-6-14/h2-4H,5-9H2,1H3,(H,17,18). The van der Waals surface area contributed by atoms with E-state index in [4.69, 9.17) is 16.3 Å². The Labute approximate surface area is 126 Å². The van der Waals surface area contributed by atoms with E-state index in [1.807, 2.05) is 6.92 Å². The lowest BCUT2D eigenvalue weighted by Crippen LogP contribution is -2.53. The summed E-state index contributed by atoms with van der Waals surface area (Å²) in [6, 6.07) is 5.40. The van der Waals surface area contributed by atoms with Gasteiger partial charge in [0.25, 0.3) is 5.91 Å². The van der Waals surface area contributed by atoms with Crippen LogP contribution in [0.4, 0.5) is 0 Å². The Morgan fingerprint density at radius 3 is 2.79 bits per heavy atom. The Morgan fingerprint density at radius 1 is 1.47 bits per heavy atom. The second kappa shape index (κ2) is 6.25. The highest BCUT2D eigenvalue weighted by Crippen LogP contribution is 2.25. The normalized spacial score (nSPS) is 18.1. The molecule has 1 aliphatic heterocycles. The van der Waals surface area contributed by atoms with Crippen LogP contribution >= 0.6 is 27.5 Å². The van der Waals surface area contributed by atoms with Crippen molar-refractivity contribution in [2.75, 3.05) is 18.5 Å². The van der Waals surface area contributed by atoms with E-state index in [2.05, 4.69) is 21.2 Å². The molecule has 2 rings (SSSR count). The van der Waals surface area contributed by atoms with Crippen LogP contribution in [-0.4, -0.2) is 30.0 Å². The summed E-state index contributed by atoms with van der Waals surface area (Å²) in [6.45, 7) is 3.23. The van der Waals surface area contributed by atoms with Crippen molar-refractivity contribution in [2.24, 2.45) is 0 Å². The van der Waals surface area contributed by atoms with E-state index >= 15 is 0 Å². The second-order valence-corrected chi connectivity index (χ2v) is 5.86. The lowest BCUT2D eigenvalue weighted by Gasteiger charge is -2.36. The maximum atomic E-state index is 12.4. The third-order valence-corrected chi connectivity index (χ3v) is 5.08. The number of hydrogen-bond acceptors (Lipinski definition) is 2. The number of benzene rings is 1. The third-order valence-electron chi connectivity index (χ3n) is 3.60. The molecule has 0 aliphatic carbocycles. The summed E-state index contributed by atoms with van der Waals surface area (Å²) in [7, 11) is 0. The smallest absolute Gasteiger partial charge is 0.252 e. The monoisotopic (exact) mass is 345 g/mol. The fourth-order valence-electron chi connectivity index (χ4n) is 2.22. The first kappa shape index (κ1) is 14.8. The van der Waals surface area contributed by atoms with Crippen molar-refractivity contribution in [2.45, 2.75) is 25.3 Å². The SMILES string of the molecule is Cc1c(Cl)cccc1C(=O)NC1(CBr)CCOCC1. The van der Waals surface area contributed by atoms with Crippen LogP contribution in [0.1, 0.15) is 28.8 Å². The van der Waals surface area contributed by atoms with Gasteiger partial charge >= 0.3 is 0 Å². The van der Waals surface area contributed by atoms with Gasteiger partial charge in [0.05, 0.1) is 5.54 Å². The lowest BCUT2D eigenvalue weighted by atomic mass is 9.91. The van der Waals surface area contributed by atoms with E-state index in [9.17, 15) is 4.79 Å². The third kappa shape index (κ3) is 3.30. The van der Waals surface area contributed by atoms with E-state index in [1.165, 1.54) is 0 Å². The zero-order chi connectivity index (χ0) is 13.9. The number of alkyl halides is 1. The minimum atomic E-state index is -0.218. The van der Waals surface area contributed by atoms with Gasteiger partial charge in [-0.2, -0.15) is 0 Å². The summed E-state index contributed by atoms with van der Waals surface area (Å²) in [5.41, 5.74) is 1.24. The molecule has 1 amide bonds. The molecule has 0 spiro atoms.